The smallest absolute Gasteiger partial charge is 0.157 e. The van der Waals surface area contributed by atoms with E-state index in [0.29, 0.717) is 6.61 Å². The highest BCUT2D eigenvalue weighted by molar-refractivity contribution is 4.74. The highest BCUT2D eigenvalue weighted by Gasteiger charge is 2.25. The number of ether oxygens (including phenoxy) is 2. The van der Waals surface area contributed by atoms with Crippen LogP contribution in [0.2, 0.25) is 0 Å². The standard InChI is InChI=1S/C16H33N3O3/c1-17-7-9-19(10-8-17)12-14-22-16(20)15-3-5-18(6-4-15)11-13-21-2/h15-16,20H,3-14H2,1-2H3. The Morgan fingerprint density at radius 3 is 2.18 bits per heavy atom. The topological polar surface area (TPSA) is 48.4 Å². The van der Waals surface area contributed by atoms with Crippen molar-refractivity contribution < 1.29 is 14.6 Å². The average molecular weight is 315 g/mol. The Hall–Kier alpha value is -0.240. The van der Waals surface area contributed by atoms with Crippen LogP contribution >= 0.6 is 0 Å². The van der Waals surface area contributed by atoms with Crippen LogP contribution in [0.4, 0.5) is 0 Å². The molecule has 0 spiro atoms. The van der Waals surface area contributed by atoms with Crippen molar-refractivity contribution in [2.45, 2.75) is 19.1 Å². The molecule has 0 aromatic heterocycles. The van der Waals surface area contributed by atoms with Gasteiger partial charge in [0, 0.05) is 52.3 Å². The number of piperazine rings is 1. The number of nitrogens with zero attached hydrogens (tertiary/aromatic N) is 3. The Labute approximate surface area is 135 Å². The van der Waals surface area contributed by atoms with Gasteiger partial charge in [0.2, 0.25) is 0 Å². The molecule has 0 aromatic carbocycles. The molecule has 2 aliphatic rings. The first-order valence-electron chi connectivity index (χ1n) is 8.61. The van der Waals surface area contributed by atoms with Gasteiger partial charge in [0.05, 0.1) is 13.2 Å². The predicted molar refractivity (Wildman–Crippen MR) is 86.9 cm³/mol. The summed E-state index contributed by atoms with van der Waals surface area (Å²) < 4.78 is 10.8. The van der Waals surface area contributed by atoms with Crippen molar-refractivity contribution in [2.75, 3.05) is 79.7 Å². The number of hydrogen-bond acceptors (Lipinski definition) is 6. The van der Waals surface area contributed by atoms with E-state index >= 15 is 0 Å². The predicted octanol–water partition coefficient (Wildman–Crippen LogP) is -0.0728. The van der Waals surface area contributed by atoms with E-state index in [1.54, 1.807) is 7.11 Å². The first-order valence-corrected chi connectivity index (χ1v) is 8.61. The molecule has 2 rings (SSSR count). The van der Waals surface area contributed by atoms with Crippen LogP contribution in [-0.4, -0.2) is 106 Å². The van der Waals surface area contributed by atoms with Crippen LogP contribution < -0.4 is 0 Å². The number of hydrogen-bond donors (Lipinski definition) is 1. The van der Waals surface area contributed by atoms with Gasteiger partial charge < -0.3 is 24.4 Å². The highest BCUT2D eigenvalue weighted by Crippen LogP contribution is 2.21. The number of aliphatic hydroxyl groups is 1. The second-order valence-corrected chi connectivity index (χ2v) is 6.58. The minimum absolute atomic E-state index is 0.284. The molecule has 0 saturated carbocycles. The van der Waals surface area contributed by atoms with Gasteiger partial charge in [-0.25, -0.2) is 0 Å². The molecule has 0 amide bonds. The van der Waals surface area contributed by atoms with Gasteiger partial charge in [0.25, 0.3) is 0 Å². The SMILES string of the molecule is COCCN1CCC(C(O)OCCN2CCN(C)CC2)CC1. The third-order valence-electron chi connectivity index (χ3n) is 4.94. The molecule has 6 nitrogen and oxygen atoms in total. The van der Waals surface area contributed by atoms with Gasteiger partial charge in [-0.1, -0.05) is 0 Å². The van der Waals surface area contributed by atoms with Crippen molar-refractivity contribution in [3.8, 4) is 0 Å². The zero-order chi connectivity index (χ0) is 15.8. The molecule has 6 heteroatoms. The molecule has 2 fully saturated rings. The fourth-order valence-corrected chi connectivity index (χ4v) is 3.19. The summed E-state index contributed by atoms with van der Waals surface area (Å²) in [6, 6.07) is 0. The normalized spacial score (nSPS) is 24.7. The van der Waals surface area contributed by atoms with Crippen molar-refractivity contribution in [2.24, 2.45) is 5.92 Å². The van der Waals surface area contributed by atoms with Crippen LogP contribution in [0.5, 0.6) is 0 Å². The minimum atomic E-state index is -0.600. The molecule has 0 bridgehead atoms. The Morgan fingerprint density at radius 1 is 0.955 bits per heavy atom. The largest absolute Gasteiger partial charge is 0.383 e. The average Bonchev–Trinajstić information content (AvgIpc) is 2.55. The summed E-state index contributed by atoms with van der Waals surface area (Å²) in [6.07, 6.45) is 1.43. The molecule has 0 radical (unpaired) electrons. The molecule has 1 unspecified atom stereocenters. The third kappa shape index (κ3) is 6.10. The lowest BCUT2D eigenvalue weighted by atomic mass is 9.96. The minimum Gasteiger partial charge on any atom is -0.383 e. The zero-order valence-corrected chi connectivity index (χ0v) is 14.2. The number of piperidine rings is 1. The van der Waals surface area contributed by atoms with E-state index in [1.807, 2.05) is 0 Å². The van der Waals surface area contributed by atoms with E-state index in [1.165, 1.54) is 0 Å². The van der Waals surface area contributed by atoms with Crippen molar-refractivity contribution in [1.29, 1.82) is 0 Å². The van der Waals surface area contributed by atoms with E-state index in [2.05, 4.69) is 21.7 Å². The summed E-state index contributed by atoms with van der Waals surface area (Å²) in [5, 5.41) is 10.2. The number of methoxy groups -OCH3 is 1. The van der Waals surface area contributed by atoms with Crippen LogP contribution in [0, 0.1) is 5.92 Å². The molecule has 2 aliphatic heterocycles. The summed E-state index contributed by atoms with van der Waals surface area (Å²) in [6.45, 7) is 9.87. The van der Waals surface area contributed by atoms with Crippen LogP contribution in [-0.2, 0) is 9.47 Å². The molecular formula is C16H33N3O3. The Morgan fingerprint density at radius 2 is 1.55 bits per heavy atom. The molecule has 1 atom stereocenters. The maximum absolute atomic E-state index is 10.2. The van der Waals surface area contributed by atoms with E-state index in [0.717, 1.165) is 71.8 Å². The van der Waals surface area contributed by atoms with Crippen LogP contribution in [0.1, 0.15) is 12.8 Å². The van der Waals surface area contributed by atoms with Gasteiger partial charge >= 0.3 is 0 Å². The summed E-state index contributed by atoms with van der Waals surface area (Å²) >= 11 is 0. The number of likely N-dealkylation sites (tertiary alicyclic amines) is 1. The number of rotatable bonds is 8. The van der Waals surface area contributed by atoms with Crippen LogP contribution in [0.15, 0.2) is 0 Å². The molecular weight excluding hydrogens is 282 g/mol. The summed E-state index contributed by atoms with van der Waals surface area (Å²) in [4.78, 5) is 7.17. The lowest BCUT2D eigenvalue weighted by molar-refractivity contribution is -0.147. The summed E-state index contributed by atoms with van der Waals surface area (Å²) in [7, 11) is 3.90. The third-order valence-corrected chi connectivity index (χ3v) is 4.94. The second-order valence-electron chi connectivity index (χ2n) is 6.58. The Kier molecular flexibility index (Phi) is 8.06. The van der Waals surface area contributed by atoms with E-state index < -0.39 is 6.29 Å². The van der Waals surface area contributed by atoms with Crippen molar-refractivity contribution in [3.05, 3.63) is 0 Å². The monoisotopic (exact) mass is 315 g/mol. The molecule has 2 saturated heterocycles. The lowest BCUT2D eigenvalue weighted by Gasteiger charge is -2.35. The van der Waals surface area contributed by atoms with Crippen LogP contribution in [0.25, 0.3) is 0 Å². The van der Waals surface area contributed by atoms with Crippen molar-refractivity contribution in [1.82, 2.24) is 14.7 Å². The second kappa shape index (κ2) is 9.80. The molecule has 2 heterocycles. The lowest BCUT2D eigenvalue weighted by Crippen LogP contribution is -2.46. The zero-order valence-electron chi connectivity index (χ0n) is 14.2. The van der Waals surface area contributed by atoms with E-state index in [9.17, 15) is 5.11 Å². The Bertz CT molecular complexity index is 290. The summed E-state index contributed by atoms with van der Waals surface area (Å²) in [5.74, 6) is 0.284. The van der Waals surface area contributed by atoms with Gasteiger partial charge in [-0.3, -0.25) is 4.90 Å². The van der Waals surface area contributed by atoms with E-state index in [-0.39, 0.29) is 5.92 Å². The Balaban J connectivity index is 1.55. The molecule has 0 aliphatic carbocycles. The van der Waals surface area contributed by atoms with Crippen molar-refractivity contribution in [3.63, 3.8) is 0 Å². The first-order chi connectivity index (χ1) is 10.7. The van der Waals surface area contributed by atoms with Crippen molar-refractivity contribution >= 4 is 0 Å². The molecule has 130 valence electrons. The molecule has 1 N–H and O–H groups in total. The highest BCUT2D eigenvalue weighted by atomic mass is 16.6. The van der Waals surface area contributed by atoms with E-state index in [4.69, 9.17) is 9.47 Å². The first kappa shape index (κ1) is 18.1. The van der Waals surface area contributed by atoms with Gasteiger partial charge in [-0.15, -0.1) is 0 Å². The fourth-order valence-electron chi connectivity index (χ4n) is 3.19. The number of likely N-dealkylation sites (N-methyl/N-ethyl adjacent to an activating group) is 1. The molecule has 0 aromatic rings. The summed E-state index contributed by atoms with van der Waals surface area (Å²) in [5.41, 5.74) is 0. The quantitative estimate of drug-likeness (QED) is 0.633. The van der Waals surface area contributed by atoms with Gasteiger partial charge in [-0.2, -0.15) is 0 Å². The van der Waals surface area contributed by atoms with Crippen LogP contribution in [0.3, 0.4) is 0 Å². The maximum atomic E-state index is 10.2. The number of aliphatic hydroxyl groups excluding tert-OH is 1. The molecule has 22 heavy (non-hydrogen) atoms. The fraction of sp³-hybridized carbons (Fsp3) is 1.00. The van der Waals surface area contributed by atoms with Gasteiger partial charge in [-0.05, 0) is 33.0 Å². The van der Waals surface area contributed by atoms with Gasteiger partial charge in [0.1, 0.15) is 0 Å². The maximum Gasteiger partial charge on any atom is 0.157 e. The van der Waals surface area contributed by atoms with Gasteiger partial charge in [0.15, 0.2) is 6.29 Å².